The Bertz CT molecular complexity index is 931. The second-order valence-corrected chi connectivity index (χ2v) is 7.07. The van der Waals surface area contributed by atoms with Crippen molar-refractivity contribution in [3.8, 4) is 0 Å². The monoisotopic (exact) mass is 376 g/mol. The van der Waals surface area contributed by atoms with E-state index in [2.05, 4.69) is 15.5 Å². The van der Waals surface area contributed by atoms with Crippen molar-refractivity contribution in [2.75, 3.05) is 13.6 Å². The molecule has 0 saturated carbocycles. The van der Waals surface area contributed by atoms with Crippen LogP contribution in [0.15, 0.2) is 57.2 Å². The molecule has 0 aliphatic carbocycles. The maximum absolute atomic E-state index is 13.4. The number of likely N-dealkylation sites (N-methyl/N-ethyl adjacent to an activating group) is 1. The van der Waals surface area contributed by atoms with Crippen LogP contribution in [0, 0.1) is 0 Å². The number of rotatable bonds is 2. The molecule has 0 spiro atoms. The van der Waals surface area contributed by atoms with Crippen LogP contribution in [0.4, 0.5) is 13.2 Å². The zero-order chi connectivity index (χ0) is 19.6. The molecule has 0 aromatic heterocycles. The van der Waals surface area contributed by atoms with Crippen molar-refractivity contribution in [1.29, 1.82) is 0 Å². The summed E-state index contributed by atoms with van der Waals surface area (Å²) in [6.45, 7) is 4.03. The first kappa shape index (κ1) is 17.8. The van der Waals surface area contributed by atoms with E-state index in [0.29, 0.717) is 29.1 Å². The third kappa shape index (κ3) is 2.28. The number of dihydropyridines is 1. The number of amides is 1. The van der Waals surface area contributed by atoms with Crippen LogP contribution in [0.5, 0.6) is 0 Å². The summed E-state index contributed by atoms with van der Waals surface area (Å²) < 4.78 is 40.1. The zero-order valence-electron chi connectivity index (χ0n) is 15.2. The number of azo groups is 1. The fourth-order valence-electron chi connectivity index (χ4n) is 4.35. The van der Waals surface area contributed by atoms with E-state index in [4.69, 9.17) is 0 Å². The molecule has 1 aromatic rings. The minimum Gasteiger partial charge on any atom is -0.340 e. The Balaban J connectivity index is 2.00. The molecule has 3 aliphatic rings. The Morgan fingerprint density at radius 2 is 2.11 bits per heavy atom. The van der Waals surface area contributed by atoms with E-state index in [1.165, 1.54) is 6.07 Å². The fourth-order valence-corrected chi connectivity index (χ4v) is 4.35. The highest BCUT2D eigenvalue weighted by Gasteiger charge is 2.53. The molecule has 1 N–H and O–H groups in total. The van der Waals surface area contributed by atoms with E-state index in [-0.39, 0.29) is 18.5 Å². The quantitative estimate of drug-likeness (QED) is 0.855. The summed E-state index contributed by atoms with van der Waals surface area (Å²) in [5.41, 5.74) is 0.695. The van der Waals surface area contributed by atoms with E-state index < -0.39 is 17.2 Å². The van der Waals surface area contributed by atoms with Gasteiger partial charge in [0.1, 0.15) is 0 Å². The lowest BCUT2D eigenvalue weighted by Crippen LogP contribution is -2.41. The van der Waals surface area contributed by atoms with Gasteiger partial charge in [-0.25, -0.2) is 0 Å². The number of nitrogens with zero attached hydrogens (tertiary/aromatic N) is 3. The van der Waals surface area contributed by atoms with E-state index in [1.54, 1.807) is 18.0 Å². The van der Waals surface area contributed by atoms with E-state index in [9.17, 15) is 18.0 Å². The van der Waals surface area contributed by atoms with Gasteiger partial charge < -0.3 is 10.2 Å². The highest BCUT2D eigenvalue weighted by molar-refractivity contribution is 6.01. The molecule has 27 heavy (non-hydrogen) atoms. The number of hydrogen-bond donors (Lipinski definition) is 1. The number of hydrogen-bond acceptors (Lipinski definition) is 4. The van der Waals surface area contributed by atoms with Crippen molar-refractivity contribution in [2.24, 2.45) is 10.2 Å². The third-order valence-corrected chi connectivity index (χ3v) is 5.90. The highest BCUT2D eigenvalue weighted by Crippen LogP contribution is 2.52. The van der Waals surface area contributed by atoms with Gasteiger partial charge in [0.25, 0.3) is 5.91 Å². The Kier molecular flexibility index (Phi) is 3.73. The summed E-state index contributed by atoms with van der Waals surface area (Å²) in [4.78, 5) is 14.7. The topological polar surface area (TPSA) is 57.1 Å². The van der Waals surface area contributed by atoms with E-state index in [1.807, 2.05) is 13.8 Å². The van der Waals surface area contributed by atoms with Gasteiger partial charge in [-0.1, -0.05) is 25.1 Å². The second-order valence-electron chi connectivity index (χ2n) is 7.07. The number of alkyl halides is 3. The molecule has 1 aromatic carbocycles. The van der Waals surface area contributed by atoms with Crippen molar-refractivity contribution in [1.82, 2.24) is 10.2 Å². The van der Waals surface area contributed by atoms with Gasteiger partial charge in [-0.3, -0.25) is 4.79 Å². The number of carbonyl (C=O) groups is 1. The molecule has 1 amide bonds. The average molecular weight is 376 g/mol. The predicted octanol–water partition coefficient (Wildman–Crippen LogP) is 3.75. The van der Waals surface area contributed by atoms with Gasteiger partial charge in [-0.15, -0.1) is 5.11 Å². The molecule has 3 heterocycles. The molecule has 2 atom stereocenters. The highest BCUT2D eigenvalue weighted by atomic mass is 19.4. The lowest BCUT2D eigenvalue weighted by Gasteiger charge is -2.39. The van der Waals surface area contributed by atoms with Crippen LogP contribution in [0.3, 0.4) is 0 Å². The van der Waals surface area contributed by atoms with Crippen molar-refractivity contribution in [2.45, 2.75) is 37.9 Å². The Morgan fingerprint density at radius 1 is 1.37 bits per heavy atom. The predicted molar refractivity (Wildman–Crippen MR) is 92.6 cm³/mol. The van der Waals surface area contributed by atoms with Gasteiger partial charge in [0.15, 0.2) is 5.82 Å². The summed E-state index contributed by atoms with van der Waals surface area (Å²) in [6.07, 6.45) is -4.02. The third-order valence-electron chi connectivity index (χ3n) is 5.90. The summed E-state index contributed by atoms with van der Waals surface area (Å²) in [5.74, 6) is 0.366. The van der Waals surface area contributed by atoms with Crippen molar-refractivity contribution in [3.63, 3.8) is 0 Å². The van der Waals surface area contributed by atoms with Gasteiger partial charge in [0.05, 0.1) is 29.1 Å². The molecular weight excluding hydrogens is 357 g/mol. The van der Waals surface area contributed by atoms with Crippen LogP contribution >= 0.6 is 0 Å². The fraction of sp³-hybridized carbons (Fsp3) is 0.421. The van der Waals surface area contributed by atoms with Crippen molar-refractivity contribution < 1.29 is 18.0 Å². The first-order valence-corrected chi connectivity index (χ1v) is 8.79. The van der Waals surface area contributed by atoms with Crippen LogP contribution in [0.2, 0.25) is 0 Å². The summed E-state index contributed by atoms with van der Waals surface area (Å²) in [6, 6.07) is 5.04. The molecule has 0 bridgehead atoms. The lowest BCUT2D eigenvalue weighted by atomic mass is 9.64. The Morgan fingerprint density at radius 3 is 2.78 bits per heavy atom. The minimum atomic E-state index is -4.46. The molecule has 142 valence electrons. The molecule has 8 heteroatoms. The SMILES string of the molecule is CCC1(c2cccc(C(F)(F)F)c2)C2=C(N=NC2)NC2=C1C(=O)N(C)C2C. The molecule has 2 unspecified atom stereocenters. The van der Waals surface area contributed by atoms with E-state index in [0.717, 1.165) is 17.7 Å². The molecule has 0 radical (unpaired) electrons. The molecular formula is C19H19F3N4O. The maximum Gasteiger partial charge on any atom is 0.416 e. The number of nitrogens with one attached hydrogen (secondary N) is 1. The standard InChI is InChI=1S/C19H19F3N4O/c1-4-18(11-6-5-7-12(8-11)19(20,21)22)13-9-23-25-16(13)24-15-10(2)26(3)17(27)14(15)18/h5-8,10,24H,4,9H2,1-3H3. The molecule has 0 saturated heterocycles. The van der Waals surface area contributed by atoms with E-state index >= 15 is 0 Å². The first-order valence-electron chi connectivity index (χ1n) is 8.79. The van der Waals surface area contributed by atoms with Crippen LogP contribution in [0.1, 0.15) is 31.4 Å². The van der Waals surface area contributed by atoms with Crippen LogP contribution in [-0.2, 0) is 16.4 Å². The summed E-state index contributed by atoms with van der Waals surface area (Å²) >= 11 is 0. The Labute approximate surface area is 154 Å². The van der Waals surface area contributed by atoms with Gasteiger partial charge in [-0.05, 0) is 25.0 Å². The van der Waals surface area contributed by atoms with Gasteiger partial charge in [0, 0.05) is 18.3 Å². The number of carbonyl (C=O) groups excluding carboxylic acids is 1. The average Bonchev–Trinajstić information content (AvgIpc) is 3.20. The first-order chi connectivity index (χ1) is 12.7. The molecule has 5 nitrogen and oxygen atoms in total. The number of halogens is 3. The van der Waals surface area contributed by atoms with Crippen molar-refractivity contribution in [3.05, 3.63) is 58.1 Å². The van der Waals surface area contributed by atoms with Crippen molar-refractivity contribution >= 4 is 5.91 Å². The minimum absolute atomic E-state index is 0.178. The molecule has 4 rings (SSSR count). The lowest BCUT2D eigenvalue weighted by molar-refractivity contribution is -0.137. The number of benzene rings is 1. The van der Waals surface area contributed by atoms with Crippen LogP contribution < -0.4 is 5.32 Å². The van der Waals surface area contributed by atoms with Gasteiger partial charge >= 0.3 is 6.18 Å². The maximum atomic E-state index is 13.4. The Hall–Kier alpha value is -2.64. The second kappa shape index (κ2) is 5.68. The van der Waals surface area contributed by atoms with Crippen LogP contribution in [0.25, 0.3) is 0 Å². The van der Waals surface area contributed by atoms with Gasteiger partial charge in [0.2, 0.25) is 0 Å². The normalized spacial score (nSPS) is 27.3. The largest absolute Gasteiger partial charge is 0.416 e. The molecule has 0 fully saturated rings. The summed E-state index contributed by atoms with van der Waals surface area (Å²) in [5, 5.41) is 11.4. The zero-order valence-corrected chi connectivity index (χ0v) is 15.2. The van der Waals surface area contributed by atoms with Gasteiger partial charge in [-0.2, -0.15) is 18.3 Å². The summed E-state index contributed by atoms with van der Waals surface area (Å²) in [7, 11) is 1.70. The smallest absolute Gasteiger partial charge is 0.340 e. The van der Waals surface area contributed by atoms with Crippen LogP contribution in [-0.4, -0.2) is 30.4 Å². The molecule has 3 aliphatic heterocycles.